The predicted molar refractivity (Wildman–Crippen MR) is 77.5 cm³/mol. The maximum absolute atomic E-state index is 12.3. The van der Waals surface area contributed by atoms with Crippen molar-refractivity contribution in [3.8, 4) is 0 Å². The first-order valence-electron chi connectivity index (χ1n) is 6.92. The second-order valence-corrected chi connectivity index (χ2v) is 6.63. The molecule has 1 aromatic heterocycles. The van der Waals surface area contributed by atoms with Crippen molar-refractivity contribution in [1.82, 2.24) is 9.88 Å². The number of hydrogen-bond acceptors (Lipinski definition) is 5. The summed E-state index contributed by atoms with van der Waals surface area (Å²) in [6.07, 6.45) is 6.15. The fourth-order valence-corrected chi connectivity index (χ4v) is 3.22. The molecule has 3 N–H and O–H groups in total. The predicted octanol–water partition coefficient (Wildman–Crippen LogP) is 2.17. The van der Waals surface area contributed by atoms with Crippen molar-refractivity contribution in [3.05, 3.63) is 4.88 Å². The second kappa shape index (κ2) is 5.00. The van der Waals surface area contributed by atoms with Gasteiger partial charge in [-0.05, 0) is 31.6 Å². The third-order valence-electron chi connectivity index (χ3n) is 3.86. The van der Waals surface area contributed by atoms with Crippen LogP contribution in [-0.2, 0) is 0 Å². The molecule has 0 radical (unpaired) electrons. The number of carbonyl (C=O) groups is 1. The zero-order valence-corrected chi connectivity index (χ0v) is 12.0. The number of carbonyl (C=O) groups excluding carboxylic acids is 1. The summed E-state index contributed by atoms with van der Waals surface area (Å²) in [5.74, 6) is 1.04. The summed E-state index contributed by atoms with van der Waals surface area (Å²) in [5.41, 5.74) is 5.87. The number of nitrogen functional groups attached to an aromatic ring is 1. The lowest BCUT2D eigenvalue weighted by atomic mass is 9.85. The molecule has 5 nitrogen and oxygen atoms in total. The van der Waals surface area contributed by atoms with E-state index in [1.165, 1.54) is 43.4 Å². The molecule has 2 aliphatic carbocycles. The molecule has 0 saturated heterocycles. The number of amides is 1. The van der Waals surface area contributed by atoms with Gasteiger partial charge in [0.2, 0.25) is 0 Å². The van der Waals surface area contributed by atoms with Crippen LogP contribution in [0.4, 0.5) is 10.9 Å². The topological polar surface area (TPSA) is 71.2 Å². The molecule has 104 valence electrons. The Bertz CT molecular complexity index is 479. The Labute approximate surface area is 117 Å². The molecule has 0 aliphatic heterocycles. The molecule has 0 bridgehead atoms. The Morgan fingerprint density at radius 3 is 2.79 bits per heavy atom. The van der Waals surface area contributed by atoms with Crippen molar-refractivity contribution in [2.75, 3.05) is 24.6 Å². The van der Waals surface area contributed by atoms with Crippen molar-refractivity contribution in [2.45, 2.75) is 38.1 Å². The van der Waals surface area contributed by atoms with Gasteiger partial charge in [-0.3, -0.25) is 4.79 Å². The SMILES string of the molecule is CN(CC1CCC1)C(=O)c1sc(NC2CC2)nc1N. The fourth-order valence-electron chi connectivity index (χ4n) is 2.27. The molecule has 6 heteroatoms. The lowest BCUT2D eigenvalue weighted by molar-refractivity contribution is 0.0751. The minimum atomic E-state index is 0.00532. The summed E-state index contributed by atoms with van der Waals surface area (Å²) in [6.45, 7) is 0.835. The Morgan fingerprint density at radius 2 is 2.21 bits per heavy atom. The van der Waals surface area contributed by atoms with Crippen molar-refractivity contribution in [2.24, 2.45) is 5.92 Å². The smallest absolute Gasteiger partial charge is 0.267 e. The summed E-state index contributed by atoms with van der Waals surface area (Å²) in [4.78, 5) is 18.9. The highest BCUT2D eigenvalue weighted by molar-refractivity contribution is 7.18. The van der Waals surface area contributed by atoms with E-state index in [9.17, 15) is 4.79 Å². The molecule has 2 saturated carbocycles. The lowest BCUT2D eigenvalue weighted by Crippen LogP contribution is -2.34. The van der Waals surface area contributed by atoms with Crippen LogP contribution >= 0.6 is 11.3 Å². The molecule has 0 aromatic carbocycles. The Balaban J connectivity index is 1.65. The number of nitrogens with one attached hydrogen (secondary N) is 1. The van der Waals surface area contributed by atoms with Crippen molar-refractivity contribution in [1.29, 1.82) is 0 Å². The lowest BCUT2D eigenvalue weighted by Gasteiger charge is -2.29. The molecular weight excluding hydrogens is 260 g/mol. The molecule has 1 aromatic rings. The minimum absolute atomic E-state index is 0.00532. The molecule has 0 atom stereocenters. The summed E-state index contributed by atoms with van der Waals surface area (Å²) in [5, 5.41) is 4.07. The van der Waals surface area contributed by atoms with Crippen LogP contribution in [0.1, 0.15) is 41.8 Å². The standard InChI is InChI=1S/C13H20N4OS/c1-17(7-8-3-2-4-8)12(18)10-11(14)16-13(19-10)15-9-5-6-9/h8-9H,2-7,14H2,1H3,(H,15,16). The Hall–Kier alpha value is -1.30. The highest BCUT2D eigenvalue weighted by Crippen LogP contribution is 2.32. The van der Waals surface area contributed by atoms with E-state index < -0.39 is 0 Å². The van der Waals surface area contributed by atoms with Crippen LogP contribution in [0.3, 0.4) is 0 Å². The van der Waals surface area contributed by atoms with Crippen LogP contribution < -0.4 is 11.1 Å². The fraction of sp³-hybridized carbons (Fsp3) is 0.692. The average Bonchev–Trinajstić information content (AvgIpc) is 3.05. The summed E-state index contributed by atoms with van der Waals surface area (Å²) in [6, 6.07) is 0.529. The molecule has 19 heavy (non-hydrogen) atoms. The van der Waals surface area contributed by atoms with Crippen LogP contribution in [0.25, 0.3) is 0 Å². The van der Waals surface area contributed by atoms with Gasteiger partial charge in [0.25, 0.3) is 5.91 Å². The highest BCUT2D eigenvalue weighted by atomic mass is 32.1. The normalized spacial score (nSPS) is 19.0. The zero-order chi connectivity index (χ0) is 13.4. The van der Waals surface area contributed by atoms with Gasteiger partial charge >= 0.3 is 0 Å². The molecular formula is C13H20N4OS. The largest absolute Gasteiger partial charge is 0.382 e. The van der Waals surface area contributed by atoms with Gasteiger partial charge in [0.15, 0.2) is 5.13 Å². The van der Waals surface area contributed by atoms with Crippen molar-refractivity contribution in [3.63, 3.8) is 0 Å². The third-order valence-corrected chi connectivity index (χ3v) is 4.85. The van der Waals surface area contributed by atoms with Crippen molar-refractivity contribution >= 4 is 28.2 Å². The van der Waals surface area contributed by atoms with Crippen LogP contribution in [0, 0.1) is 5.92 Å². The minimum Gasteiger partial charge on any atom is -0.382 e. The first-order chi connectivity index (χ1) is 9.13. The van der Waals surface area contributed by atoms with Crippen LogP contribution in [0.5, 0.6) is 0 Å². The number of rotatable bonds is 5. The maximum Gasteiger partial charge on any atom is 0.267 e. The molecule has 0 spiro atoms. The third kappa shape index (κ3) is 2.83. The van der Waals surface area contributed by atoms with Crippen LogP contribution in [-0.4, -0.2) is 35.4 Å². The number of thiazole rings is 1. The number of nitrogens with two attached hydrogens (primary N) is 1. The van der Waals surface area contributed by atoms with Crippen LogP contribution in [0.2, 0.25) is 0 Å². The van der Waals surface area contributed by atoms with Gasteiger partial charge in [-0.15, -0.1) is 0 Å². The number of hydrogen-bond donors (Lipinski definition) is 2. The highest BCUT2D eigenvalue weighted by Gasteiger charge is 2.27. The second-order valence-electron chi connectivity index (χ2n) is 5.63. The van der Waals surface area contributed by atoms with Gasteiger partial charge in [0.05, 0.1) is 0 Å². The maximum atomic E-state index is 12.3. The van der Waals surface area contributed by atoms with Gasteiger partial charge in [0.1, 0.15) is 10.7 Å². The van der Waals surface area contributed by atoms with Gasteiger partial charge < -0.3 is 16.0 Å². The van der Waals surface area contributed by atoms with E-state index >= 15 is 0 Å². The van der Waals surface area contributed by atoms with E-state index in [4.69, 9.17) is 5.73 Å². The van der Waals surface area contributed by atoms with Crippen molar-refractivity contribution < 1.29 is 4.79 Å². The van der Waals surface area contributed by atoms with E-state index in [0.29, 0.717) is 22.7 Å². The Morgan fingerprint density at radius 1 is 1.47 bits per heavy atom. The van der Waals surface area contributed by atoms with E-state index in [1.807, 2.05) is 7.05 Å². The van der Waals surface area contributed by atoms with E-state index in [1.54, 1.807) is 4.90 Å². The Kier molecular flexibility index (Phi) is 3.35. The first kappa shape index (κ1) is 12.7. The van der Waals surface area contributed by atoms with Crippen LogP contribution in [0.15, 0.2) is 0 Å². The van der Waals surface area contributed by atoms with Gasteiger partial charge in [-0.25, -0.2) is 4.98 Å². The summed E-state index contributed by atoms with van der Waals surface area (Å²) < 4.78 is 0. The molecule has 2 fully saturated rings. The van der Waals surface area contributed by atoms with E-state index in [-0.39, 0.29) is 5.91 Å². The van der Waals surface area contributed by atoms with E-state index in [0.717, 1.165) is 11.7 Å². The monoisotopic (exact) mass is 280 g/mol. The first-order valence-corrected chi connectivity index (χ1v) is 7.73. The van der Waals surface area contributed by atoms with E-state index in [2.05, 4.69) is 10.3 Å². The summed E-state index contributed by atoms with van der Waals surface area (Å²) in [7, 11) is 1.85. The molecule has 0 unspecified atom stereocenters. The van der Waals surface area contributed by atoms with Gasteiger partial charge in [0, 0.05) is 19.6 Å². The molecule has 1 amide bonds. The zero-order valence-electron chi connectivity index (χ0n) is 11.2. The number of anilines is 2. The number of nitrogens with zero attached hydrogens (tertiary/aromatic N) is 2. The molecule has 2 aliphatic rings. The quantitative estimate of drug-likeness (QED) is 0.867. The molecule has 3 rings (SSSR count). The number of aromatic nitrogens is 1. The average molecular weight is 280 g/mol. The van der Waals surface area contributed by atoms with Gasteiger partial charge in [-0.1, -0.05) is 17.8 Å². The summed E-state index contributed by atoms with van der Waals surface area (Å²) >= 11 is 1.38. The van der Waals surface area contributed by atoms with Gasteiger partial charge in [-0.2, -0.15) is 0 Å². The molecule has 1 heterocycles.